The molecule has 0 saturated carbocycles. The lowest BCUT2D eigenvalue weighted by molar-refractivity contribution is -0.147. The Hall–Kier alpha value is -1.51. The Morgan fingerprint density at radius 2 is 2.20 bits per heavy atom. The molecule has 2 rings (SSSR count). The van der Waals surface area contributed by atoms with Crippen LogP contribution in [-0.2, 0) is 9.53 Å². The Morgan fingerprint density at radius 3 is 2.93 bits per heavy atom. The number of rotatable bonds is 2. The highest BCUT2D eigenvalue weighted by molar-refractivity contribution is 5.71. The van der Waals surface area contributed by atoms with E-state index >= 15 is 0 Å². The van der Waals surface area contributed by atoms with Gasteiger partial charge in [-0.3, -0.25) is 4.79 Å². The lowest BCUT2D eigenvalue weighted by atomic mass is 9.91. The molecule has 1 heterocycles. The van der Waals surface area contributed by atoms with Gasteiger partial charge in [-0.1, -0.05) is 18.2 Å². The maximum atomic E-state index is 11.2. The molecule has 1 fully saturated rings. The van der Waals surface area contributed by atoms with Gasteiger partial charge in [-0.15, -0.1) is 0 Å². The van der Waals surface area contributed by atoms with Crippen molar-refractivity contribution in [3.8, 4) is 5.75 Å². The summed E-state index contributed by atoms with van der Waals surface area (Å²) in [6, 6.07) is 7.85. The standard InChI is InChI=1S/C12H14O3/c1-14-11-5-3-2-4-10(11)9-6-7-15-12(13)8-9/h2-5,9H,6-8H2,1H3/t9-/m1/s1. The Morgan fingerprint density at radius 1 is 1.40 bits per heavy atom. The number of benzene rings is 1. The van der Waals surface area contributed by atoms with Crippen LogP contribution in [0.15, 0.2) is 24.3 Å². The molecule has 3 nitrogen and oxygen atoms in total. The van der Waals surface area contributed by atoms with Crippen molar-refractivity contribution in [1.29, 1.82) is 0 Å². The van der Waals surface area contributed by atoms with Crippen LogP contribution in [0.3, 0.4) is 0 Å². The van der Waals surface area contributed by atoms with Gasteiger partial charge in [0, 0.05) is 5.92 Å². The highest BCUT2D eigenvalue weighted by atomic mass is 16.5. The van der Waals surface area contributed by atoms with Crippen molar-refractivity contribution < 1.29 is 14.3 Å². The first-order valence-electron chi connectivity index (χ1n) is 5.10. The molecule has 1 aliphatic heterocycles. The zero-order valence-electron chi connectivity index (χ0n) is 8.73. The molecular weight excluding hydrogens is 192 g/mol. The zero-order valence-corrected chi connectivity index (χ0v) is 8.73. The molecule has 0 aliphatic carbocycles. The predicted molar refractivity (Wildman–Crippen MR) is 55.9 cm³/mol. The quantitative estimate of drug-likeness (QED) is 0.695. The number of methoxy groups -OCH3 is 1. The number of para-hydroxylation sites is 1. The number of hydrogen-bond acceptors (Lipinski definition) is 3. The molecule has 0 spiro atoms. The van der Waals surface area contributed by atoms with Crippen molar-refractivity contribution in [2.24, 2.45) is 0 Å². The lowest BCUT2D eigenvalue weighted by Gasteiger charge is -2.23. The number of hydrogen-bond donors (Lipinski definition) is 0. The predicted octanol–water partition coefficient (Wildman–Crippen LogP) is 2.12. The number of esters is 1. The Kier molecular flexibility index (Phi) is 2.90. The molecular formula is C12H14O3. The van der Waals surface area contributed by atoms with Crippen molar-refractivity contribution in [3.63, 3.8) is 0 Å². The van der Waals surface area contributed by atoms with Crippen LogP contribution in [0.2, 0.25) is 0 Å². The molecule has 0 unspecified atom stereocenters. The van der Waals surface area contributed by atoms with Crippen molar-refractivity contribution in [2.45, 2.75) is 18.8 Å². The summed E-state index contributed by atoms with van der Waals surface area (Å²) in [6.07, 6.45) is 1.34. The van der Waals surface area contributed by atoms with E-state index in [9.17, 15) is 4.79 Å². The highest BCUT2D eigenvalue weighted by Gasteiger charge is 2.24. The van der Waals surface area contributed by atoms with Crippen molar-refractivity contribution in [2.75, 3.05) is 13.7 Å². The Bertz CT molecular complexity index is 360. The summed E-state index contributed by atoms with van der Waals surface area (Å²) < 4.78 is 10.2. The van der Waals surface area contributed by atoms with Crippen molar-refractivity contribution in [3.05, 3.63) is 29.8 Å². The van der Waals surface area contributed by atoms with E-state index in [0.29, 0.717) is 13.0 Å². The second kappa shape index (κ2) is 4.34. The van der Waals surface area contributed by atoms with E-state index in [1.165, 1.54) is 0 Å². The van der Waals surface area contributed by atoms with E-state index in [1.54, 1.807) is 7.11 Å². The average molecular weight is 206 g/mol. The minimum absolute atomic E-state index is 0.114. The molecule has 0 aromatic heterocycles. The normalized spacial score (nSPS) is 20.9. The van der Waals surface area contributed by atoms with Gasteiger partial charge in [0.25, 0.3) is 0 Å². The lowest BCUT2D eigenvalue weighted by Crippen LogP contribution is -2.19. The van der Waals surface area contributed by atoms with Gasteiger partial charge in [-0.2, -0.15) is 0 Å². The number of cyclic esters (lactones) is 1. The second-order valence-electron chi connectivity index (χ2n) is 3.65. The topological polar surface area (TPSA) is 35.5 Å². The summed E-state index contributed by atoms with van der Waals surface area (Å²) in [6.45, 7) is 0.515. The summed E-state index contributed by atoms with van der Waals surface area (Å²) in [4.78, 5) is 11.2. The minimum atomic E-state index is -0.114. The van der Waals surface area contributed by atoms with Gasteiger partial charge >= 0.3 is 5.97 Å². The fourth-order valence-electron chi connectivity index (χ4n) is 1.95. The fraction of sp³-hybridized carbons (Fsp3) is 0.417. The van der Waals surface area contributed by atoms with Gasteiger partial charge in [0.15, 0.2) is 0 Å². The average Bonchev–Trinajstić information content (AvgIpc) is 2.29. The van der Waals surface area contributed by atoms with Crippen LogP contribution in [0.5, 0.6) is 5.75 Å². The number of ether oxygens (including phenoxy) is 2. The van der Waals surface area contributed by atoms with Gasteiger partial charge in [0.05, 0.1) is 20.1 Å². The molecule has 80 valence electrons. The molecule has 0 bridgehead atoms. The van der Waals surface area contributed by atoms with E-state index in [2.05, 4.69) is 0 Å². The minimum Gasteiger partial charge on any atom is -0.496 e. The number of carbonyl (C=O) groups excluding carboxylic acids is 1. The smallest absolute Gasteiger partial charge is 0.306 e. The van der Waals surface area contributed by atoms with Crippen molar-refractivity contribution in [1.82, 2.24) is 0 Å². The van der Waals surface area contributed by atoms with E-state index in [4.69, 9.17) is 9.47 Å². The second-order valence-corrected chi connectivity index (χ2v) is 3.65. The summed E-state index contributed by atoms with van der Waals surface area (Å²) in [5.74, 6) is 0.983. The highest BCUT2D eigenvalue weighted by Crippen LogP contribution is 2.33. The van der Waals surface area contributed by atoms with Crippen LogP contribution in [0, 0.1) is 0 Å². The molecule has 1 aromatic carbocycles. The van der Waals surface area contributed by atoms with Gasteiger partial charge in [-0.05, 0) is 18.1 Å². The summed E-state index contributed by atoms with van der Waals surface area (Å²) in [5.41, 5.74) is 1.11. The molecule has 0 N–H and O–H groups in total. The SMILES string of the molecule is COc1ccccc1[C@@H]1CCOC(=O)C1. The van der Waals surface area contributed by atoms with Gasteiger partial charge in [-0.25, -0.2) is 0 Å². The fourth-order valence-corrected chi connectivity index (χ4v) is 1.95. The molecule has 1 aliphatic rings. The Labute approximate surface area is 89.0 Å². The van der Waals surface area contributed by atoms with Crippen LogP contribution in [-0.4, -0.2) is 19.7 Å². The molecule has 1 atom stereocenters. The molecule has 0 amide bonds. The van der Waals surface area contributed by atoms with E-state index in [0.717, 1.165) is 17.7 Å². The first-order valence-corrected chi connectivity index (χ1v) is 5.10. The third kappa shape index (κ3) is 2.12. The van der Waals surface area contributed by atoms with Gasteiger partial charge in [0.2, 0.25) is 0 Å². The van der Waals surface area contributed by atoms with Crippen LogP contribution in [0.25, 0.3) is 0 Å². The van der Waals surface area contributed by atoms with Gasteiger partial charge in [0.1, 0.15) is 5.75 Å². The van der Waals surface area contributed by atoms with Crippen LogP contribution in [0.4, 0.5) is 0 Å². The molecule has 0 radical (unpaired) electrons. The van der Waals surface area contributed by atoms with Crippen molar-refractivity contribution >= 4 is 5.97 Å². The number of carbonyl (C=O) groups is 1. The monoisotopic (exact) mass is 206 g/mol. The summed E-state index contributed by atoms with van der Waals surface area (Å²) in [7, 11) is 1.65. The first-order chi connectivity index (χ1) is 7.31. The van der Waals surface area contributed by atoms with Gasteiger partial charge < -0.3 is 9.47 Å². The molecule has 1 aromatic rings. The summed E-state index contributed by atoms with van der Waals surface area (Å²) in [5, 5.41) is 0. The van der Waals surface area contributed by atoms with Crippen LogP contribution in [0.1, 0.15) is 24.3 Å². The Balaban J connectivity index is 2.24. The third-order valence-corrected chi connectivity index (χ3v) is 2.72. The van der Waals surface area contributed by atoms with E-state index in [-0.39, 0.29) is 11.9 Å². The maximum Gasteiger partial charge on any atom is 0.306 e. The molecule has 3 heteroatoms. The van der Waals surface area contributed by atoms with E-state index < -0.39 is 0 Å². The largest absolute Gasteiger partial charge is 0.496 e. The first kappa shape index (κ1) is 10.0. The molecule has 1 saturated heterocycles. The zero-order chi connectivity index (χ0) is 10.7. The summed E-state index contributed by atoms with van der Waals surface area (Å²) >= 11 is 0. The van der Waals surface area contributed by atoms with Crippen LogP contribution < -0.4 is 4.74 Å². The van der Waals surface area contributed by atoms with E-state index in [1.807, 2.05) is 24.3 Å². The third-order valence-electron chi connectivity index (χ3n) is 2.72. The van der Waals surface area contributed by atoms with Crippen LogP contribution >= 0.6 is 0 Å². The maximum absolute atomic E-state index is 11.2. The molecule has 15 heavy (non-hydrogen) atoms.